The molecule has 3 heteroatoms. The minimum absolute atomic E-state index is 0.108. The van der Waals surface area contributed by atoms with E-state index in [0.717, 1.165) is 10.5 Å². The fraction of sp³-hybridized carbons (Fsp3) is 0.333. The maximum Gasteiger partial charge on any atom is 0.123 e. The van der Waals surface area contributed by atoms with Crippen molar-refractivity contribution in [3.8, 4) is 0 Å². The van der Waals surface area contributed by atoms with Crippen LogP contribution in [0.2, 0.25) is 0 Å². The summed E-state index contributed by atoms with van der Waals surface area (Å²) in [6.45, 7) is 1.86. The molecule has 0 spiro atoms. The first-order chi connectivity index (χ1) is 5.65. The van der Waals surface area contributed by atoms with Gasteiger partial charge < -0.3 is 5.73 Å². The van der Waals surface area contributed by atoms with E-state index in [0.29, 0.717) is 0 Å². The van der Waals surface area contributed by atoms with Gasteiger partial charge in [-0.1, -0.05) is 0 Å². The fourth-order valence-electron chi connectivity index (χ4n) is 1.06. The maximum atomic E-state index is 12.8. The van der Waals surface area contributed by atoms with Crippen LogP contribution in [0.5, 0.6) is 0 Å². The predicted octanol–water partition coefficient (Wildman–Crippen LogP) is 2.57. The first-order valence-corrected chi connectivity index (χ1v) is 4.96. The first-order valence-electron chi connectivity index (χ1n) is 3.74. The summed E-state index contributed by atoms with van der Waals surface area (Å²) in [5.74, 6) is -0.222. The van der Waals surface area contributed by atoms with Crippen molar-refractivity contribution in [2.75, 3.05) is 6.26 Å². The van der Waals surface area contributed by atoms with E-state index in [-0.39, 0.29) is 11.9 Å². The molecule has 0 saturated heterocycles. The predicted molar refractivity (Wildman–Crippen MR) is 50.8 cm³/mol. The Labute approximate surface area is 76.2 Å². The van der Waals surface area contributed by atoms with Gasteiger partial charge in [-0.05, 0) is 36.9 Å². The van der Waals surface area contributed by atoms with Gasteiger partial charge in [0.05, 0.1) is 0 Å². The van der Waals surface area contributed by atoms with Crippen LogP contribution < -0.4 is 5.73 Å². The van der Waals surface area contributed by atoms with E-state index in [1.54, 1.807) is 17.8 Å². The normalized spacial score (nSPS) is 13.0. The topological polar surface area (TPSA) is 26.0 Å². The van der Waals surface area contributed by atoms with Crippen LogP contribution in [-0.4, -0.2) is 6.26 Å². The number of nitrogens with two attached hydrogens (primary N) is 1. The van der Waals surface area contributed by atoms with Crippen LogP contribution in [0.1, 0.15) is 18.5 Å². The van der Waals surface area contributed by atoms with Gasteiger partial charge in [0.25, 0.3) is 0 Å². The number of hydrogen-bond acceptors (Lipinski definition) is 2. The van der Waals surface area contributed by atoms with Crippen molar-refractivity contribution in [1.82, 2.24) is 0 Å². The molecular weight excluding hydrogens is 173 g/mol. The van der Waals surface area contributed by atoms with Gasteiger partial charge in [-0.25, -0.2) is 4.39 Å². The highest BCUT2D eigenvalue weighted by Crippen LogP contribution is 2.25. The van der Waals surface area contributed by atoms with Gasteiger partial charge in [0.1, 0.15) is 5.82 Å². The molecule has 0 radical (unpaired) electrons. The number of rotatable bonds is 2. The molecule has 0 heterocycles. The van der Waals surface area contributed by atoms with E-state index >= 15 is 0 Å². The summed E-state index contributed by atoms with van der Waals surface area (Å²) in [6.07, 6.45) is 1.96. The summed E-state index contributed by atoms with van der Waals surface area (Å²) in [4.78, 5) is 1.05. The minimum atomic E-state index is -0.222. The van der Waals surface area contributed by atoms with Gasteiger partial charge in [0, 0.05) is 10.9 Å². The van der Waals surface area contributed by atoms with E-state index in [1.807, 2.05) is 13.2 Å². The SMILES string of the molecule is CSc1ccc(F)cc1[C@@H](C)N. The molecule has 0 saturated carbocycles. The highest BCUT2D eigenvalue weighted by atomic mass is 32.2. The van der Waals surface area contributed by atoms with Gasteiger partial charge >= 0.3 is 0 Å². The molecule has 12 heavy (non-hydrogen) atoms. The zero-order chi connectivity index (χ0) is 9.14. The van der Waals surface area contributed by atoms with Crippen LogP contribution in [0, 0.1) is 5.82 Å². The van der Waals surface area contributed by atoms with Crippen LogP contribution in [0.25, 0.3) is 0 Å². The molecule has 0 fully saturated rings. The van der Waals surface area contributed by atoms with E-state index in [4.69, 9.17) is 5.73 Å². The van der Waals surface area contributed by atoms with Crippen LogP contribution >= 0.6 is 11.8 Å². The summed E-state index contributed by atoms with van der Waals surface area (Å²) in [7, 11) is 0. The Kier molecular flexibility index (Phi) is 3.12. The van der Waals surface area contributed by atoms with Crippen LogP contribution in [-0.2, 0) is 0 Å². The molecule has 0 bridgehead atoms. The van der Waals surface area contributed by atoms with Gasteiger partial charge in [-0.2, -0.15) is 0 Å². The Morgan fingerprint density at radius 1 is 1.50 bits per heavy atom. The van der Waals surface area contributed by atoms with Crippen molar-refractivity contribution < 1.29 is 4.39 Å². The summed E-state index contributed by atoms with van der Waals surface area (Å²) < 4.78 is 12.8. The molecule has 0 amide bonds. The first kappa shape index (κ1) is 9.55. The zero-order valence-electron chi connectivity index (χ0n) is 7.17. The van der Waals surface area contributed by atoms with Crippen molar-refractivity contribution in [2.24, 2.45) is 5.73 Å². The lowest BCUT2D eigenvalue weighted by atomic mass is 10.1. The molecule has 0 aliphatic carbocycles. The lowest BCUT2D eigenvalue weighted by Crippen LogP contribution is -2.06. The molecule has 0 aliphatic rings. The molecule has 0 aromatic heterocycles. The average Bonchev–Trinajstić information content (AvgIpc) is 2.04. The lowest BCUT2D eigenvalue weighted by Gasteiger charge is -2.10. The highest BCUT2D eigenvalue weighted by Gasteiger charge is 2.06. The largest absolute Gasteiger partial charge is 0.324 e. The number of hydrogen-bond donors (Lipinski definition) is 1. The van der Waals surface area contributed by atoms with Crippen molar-refractivity contribution in [3.05, 3.63) is 29.6 Å². The summed E-state index contributed by atoms with van der Waals surface area (Å²) in [5, 5.41) is 0. The molecular formula is C9H12FNS. The van der Waals surface area contributed by atoms with E-state index in [9.17, 15) is 4.39 Å². The second-order valence-electron chi connectivity index (χ2n) is 2.67. The smallest absolute Gasteiger partial charge is 0.123 e. The number of benzene rings is 1. The number of thioether (sulfide) groups is 1. The van der Waals surface area contributed by atoms with Gasteiger partial charge in [0.15, 0.2) is 0 Å². The fourth-order valence-corrected chi connectivity index (χ4v) is 1.75. The standard InChI is InChI=1S/C9H12FNS/c1-6(11)8-5-7(10)3-4-9(8)12-2/h3-6H,11H2,1-2H3/t6-/m1/s1. The van der Waals surface area contributed by atoms with E-state index < -0.39 is 0 Å². The Hall–Kier alpha value is -0.540. The van der Waals surface area contributed by atoms with E-state index in [1.165, 1.54) is 12.1 Å². The maximum absolute atomic E-state index is 12.8. The van der Waals surface area contributed by atoms with E-state index in [2.05, 4.69) is 0 Å². The monoisotopic (exact) mass is 185 g/mol. The Morgan fingerprint density at radius 2 is 2.17 bits per heavy atom. The molecule has 1 aromatic rings. The minimum Gasteiger partial charge on any atom is -0.324 e. The molecule has 1 nitrogen and oxygen atoms in total. The quantitative estimate of drug-likeness (QED) is 0.717. The van der Waals surface area contributed by atoms with Gasteiger partial charge in [-0.15, -0.1) is 11.8 Å². The van der Waals surface area contributed by atoms with Crippen molar-refractivity contribution in [3.63, 3.8) is 0 Å². The summed E-state index contributed by atoms with van der Waals surface area (Å²) in [5.41, 5.74) is 6.56. The van der Waals surface area contributed by atoms with Crippen LogP contribution in [0.15, 0.2) is 23.1 Å². The number of halogens is 1. The Balaban J connectivity index is 3.12. The highest BCUT2D eigenvalue weighted by molar-refractivity contribution is 7.98. The lowest BCUT2D eigenvalue weighted by molar-refractivity contribution is 0.619. The Bertz CT molecular complexity index is 273. The third-order valence-electron chi connectivity index (χ3n) is 1.68. The van der Waals surface area contributed by atoms with Crippen molar-refractivity contribution in [1.29, 1.82) is 0 Å². The van der Waals surface area contributed by atoms with Crippen molar-refractivity contribution in [2.45, 2.75) is 17.9 Å². The Morgan fingerprint density at radius 3 is 2.67 bits per heavy atom. The van der Waals surface area contributed by atoms with Gasteiger partial charge in [0.2, 0.25) is 0 Å². The molecule has 1 aromatic carbocycles. The van der Waals surface area contributed by atoms with Crippen LogP contribution in [0.4, 0.5) is 4.39 Å². The van der Waals surface area contributed by atoms with Crippen LogP contribution in [0.3, 0.4) is 0 Å². The van der Waals surface area contributed by atoms with Crippen molar-refractivity contribution >= 4 is 11.8 Å². The molecule has 66 valence electrons. The molecule has 1 rings (SSSR count). The summed E-state index contributed by atoms with van der Waals surface area (Å²) in [6, 6.07) is 4.61. The molecule has 0 unspecified atom stereocenters. The molecule has 2 N–H and O–H groups in total. The molecule has 1 atom stereocenters. The third kappa shape index (κ3) is 1.99. The van der Waals surface area contributed by atoms with Gasteiger partial charge in [-0.3, -0.25) is 0 Å². The third-order valence-corrected chi connectivity index (χ3v) is 2.49. The second kappa shape index (κ2) is 3.92. The average molecular weight is 185 g/mol. The summed E-state index contributed by atoms with van der Waals surface area (Å²) >= 11 is 1.59. The molecule has 0 aliphatic heterocycles. The second-order valence-corrected chi connectivity index (χ2v) is 3.52. The zero-order valence-corrected chi connectivity index (χ0v) is 7.99.